The van der Waals surface area contributed by atoms with E-state index >= 15 is 0 Å². The van der Waals surface area contributed by atoms with Crippen molar-refractivity contribution in [3.8, 4) is 0 Å². The van der Waals surface area contributed by atoms with Crippen molar-refractivity contribution in [2.75, 3.05) is 19.0 Å². The minimum absolute atomic E-state index is 0.0105. The Labute approximate surface area is 358 Å². The number of rotatable bonds is 7. The van der Waals surface area contributed by atoms with Gasteiger partial charge in [-0.1, -0.05) is 82.6 Å². The highest BCUT2D eigenvalue weighted by Gasteiger charge is 2.58. The SMILES string of the molecule is [B][C@@H]1O[C@@](CC)(CCC)[C@H](C)C1O.[B][C@@H]1O[C@@]2(CC)CCC1[C@H]2C.[B][C@@H]1O[C@@]2(CC)COC1[C@H]2C.[B][C@@H]1O[C@@]2(CC)CSC1[C@H]2C.[B][C@@H]1O[C@]2(CC)COC1[C@@H]2C. The molecule has 10 radical (unpaired) electrons. The van der Waals surface area contributed by atoms with Gasteiger partial charge in [0.05, 0.1) is 59.5 Å². The molecule has 8 heterocycles. The van der Waals surface area contributed by atoms with E-state index in [-0.39, 0.29) is 70.1 Å². The molecule has 20 atom stereocenters. The predicted molar refractivity (Wildman–Crippen MR) is 233 cm³/mol. The van der Waals surface area contributed by atoms with E-state index in [1.165, 1.54) is 12.8 Å². The Morgan fingerprint density at radius 2 is 1.04 bits per heavy atom. The van der Waals surface area contributed by atoms with Crippen LogP contribution in [0.15, 0.2) is 0 Å². The number of hydrogen-bond donors (Lipinski definition) is 1. The summed E-state index contributed by atoms with van der Waals surface area (Å²) in [5.41, 5.74) is -0.0411. The van der Waals surface area contributed by atoms with Gasteiger partial charge in [-0.05, 0) is 69.1 Å². The van der Waals surface area contributed by atoms with Crippen LogP contribution in [-0.4, -0.2) is 145 Å². The van der Waals surface area contributed by atoms with Gasteiger partial charge in [-0.3, -0.25) is 0 Å². The van der Waals surface area contributed by atoms with Crippen LogP contribution in [0.4, 0.5) is 0 Å². The Kier molecular flexibility index (Phi) is 16.1. The molecule has 314 valence electrons. The third kappa shape index (κ3) is 8.70. The minimum Gasteiger partial charge on any atom is -0.391 e. The third-order valence-corrected chi connectivity index (χ3v) is 18.2. The first kappa shape index (κ1) is 48.4. The minimum atomic E-state index is -0.508. The molecule has 0 aromatic carbocycles. The number of hydrogen-bond acceptors (Lipinski definition) is 9. The smallest absolute Gasteiger partial charge is 0.112 e. The van der Waals surface area contributed by atoms with Crippen LogP contribution in [0.2, 0.25) is 0 Å². The van der Waals surface area contributed by atoms with Gasteiger partial charge in [0, 0.05) is 58.8 Å². The lowest BCUT2D eigenvalue weighted by molar-refractivity contribution is -0.115. The average molecular weight is 804 g/mol. The van der Waals surface area contributed by atoms with Gasteiger partial charge in [-0.25, -0.2) is 0 Å². The van der Waals surface area contributed by atoms with Crippen molar-refractivity contribution >= 4 is 51.0 Å². The first-order valence-electron chi connectivity index (χ1n) is 22.5. The van der Waals surface area contributed by atoms with E-state index in [4.69, 9.17) is 72.4 Å². The van der Waals surface area contributed by atoms with E-state index in [2.05, 4.69) is 69.2 Å². The molecule has 1 aliphatic carbocycles. The van der Waals surface area contributed by atoms with Gasteiger partial charge in [-0.2, -0.15) is 11.8 Å². The van der Waals surface area contributed by atoms with Crippen molar-refractivity contribution in [3.05, 3.63) is 0 Å². The number of aliphatic hydroxyl groups excluding tert-OH is 1. The summed E-state index contributed by atoms with van der Waals surface area (Å²) >= 11 is 1.98. The Morgan fingerprint density at radius 3 is 1.26 bits per heavy atom. The van der Waals surface area contributed by atoms with Crippen LogP contribution in [0.3, 0.4) is 0 Å². The molecule has 5 unspecified atom stereocenters. The Morgan fingerprint density at radius 1 is 0.544 bits per heavy atom. The van der Waals surface area contributed by atoms with Gasteiger partial charge in [0.15, 0.2) is 0 Å². The molecule has 0 aromatic rings. The van der Waals surface area contributed by atoms with Gasteiger partial charge in [0.25, 0.3) is 0 Å². The molecule has 14 heteroatoms. The molecule has 0 aromatic heterocycles. The number of ether oxygens (including phenoxy) is 7. The van der Waals surface area contributed by atoms with Crippen LogP contribution >= 0.6 is 11.8 Å². The fourth-order valence-corrected chi connectivity index (χ4v) is 13.5. The zero-order valence-corrected chi connectivity index (χ0v) is 38.1. The lowest BCUT2D eigenvalue weighted by Gasteiger charge is -2.32. The van der Waals surface area contributed by atoms with Crippen molar-refractivity contribution in [1.29, 1.82) is 0 Å². The first-order chi connectivity index (χ1) is 26.8. The fourth-order valence-electron chi connectivity index (χ4n) is 11.7. The largest absolute Gasteiger partial charge is 0.391 e. The quantitative estimate of drug-likeness (QED) is 0.314. The van der Waals surface area contributed by atoms with E-state index in [1.807, 2.05) is 18.7 Å². The summed E-state index contributed by atoms with van der Waals surface area (Å²) in [6.07, 6.45) is 9.45. The van der Waals surface area contributed by atoms with Crippen LogP contribution < -0.4 is 0 Å². The lowest BCUT2D eigenvalue weighted by atomic mass is 9.79. The molecule has 8 aliphatic heterocycles. The molecule has 57 heavy (non-hydrogen) atoms. The summed E-state index contributed by atoms with van der Waals surface area (Å²) in [7, 11) is 28.8. The maximum absolute atomic E-state index is 9.71. The molecular weight excluding hydrogens is 731 g/mol. The summed E-state index contributed by atoms with van der Waals surface area (Å²) < 4.78 is 39.6. The summed E-state index contributed by atoms with van der Waals surface area (Å²) in [6.45, 7) is 25.2. The second-order valence-corrected chi connectivity index (χ2v) is 19.9. The van der Waals surface area contributed by atoms with E-state index < -0.39 is 12.1 Å². The molecular formula is C43H73B5O8S. The van der Waals surface area contributed by atoms with Gasteiger partial charge < -0.3 is 38.3 Å². The monoisotopic (exact) mass is 805 g/mol. The van der Waals surface area contributed by atoms with Gasteiger partial charge in [-0.15, -0.1) is 0 Å². The highest BCUT2D eigenvalue weighted by molar-refractivity contribution is 8.00. The third-order valence-electron chi connectivity index (χ3n) is 16.5. The van der Waals surface area contributed by atoms with Crippen LogP contribution in [0.25, 0.3) is 0 Å². The van der Waals surface area contributed by atoms with E-state index in [1.54, 1.807) is 0 Å². The fraction of sp³-hybridized carbons (Fsp3) is 1.00. The molecule has 9 fully saturated rings. The summed E-state index contributed by atoms with van der Waals surface area (Å²) in [6, 6.07) is -0.874. The standard InChI is InChI=1S/C10H19BO2.C9H15BO.2C8H13BO2.C8H13BOS/c1-4-6-10(5-2)7(3)8(12)9(11)13-10;1-3-9-5-4-7(6(9)2)8(10)11-9;2*1-3-8-4-10-6(5(8)2)7(9)11-8;1-3-8-4-11-6(5(8)2)7(9)10-8/h7-9,12H,4-6H2,1-3H3;6-8H,3-5H2,1-2H3;3*5-7H,3-4H2,1-2H3/t7-,8?,9-,10+;6-,7?,8-,9+;5-,6?,7+,8+;2*5-,6?,7-,8+/m11011/s1. The van der Waals surface area contributed by atoms with Gasteiger partial charge in [0.1, 0.15) is 39.2 Å². The number of fused-ring (bicyclic) bond motifs is 8. The predicted octanol–water partition coefficient (Wildman–Crippen LogP) is 5.96. The van der Waals surface area contributed by atoms with Crippen molar-refractivity contribution in [2.45, 2.75) is 216 Å². The van der Waals surface area contributed by atoms with Gasteiger partial charge >= 0.3 is 0 Å². The molecule has 1 saturated carbocycles. The highest BCUT2D eigenvalue weighted by Crippen LogP contribution is 2.54. The van der Waals surface area contributed by atoms with Crippen molar-refractivity contribution in [3.63, 3.8) is 0 Å². The summed E-state index contributed by atoms with van der Waals surface area (Å²) in [4.78, 5) is 0. The molecule has 9 rings (SSSR count). The zero-order valence-electron chi connectivity index (χ0n) is 37.2. The zero-order chi connectivity index (χ0) is 42.3. The molecule has 8 saturated heterocycles. The van der Waals surface area contributed by atoms with Gasteiger partial charge in [0.2, 0.25) is 0 Å². The topological polar surface area (TPSA) is 84.8 Å². The normalized spacial score (nSPS) is 53.0. The molecule has 0 spiro atoms. The van der Waals surface area contributed by atoms with Crippen molar-refractivity contribution < 1.29 is 38.3 Å². The Balaban J connectivity index is 0.000000136. The molecule has 8 nitrogen and oxygen atoms in total. The van der Waals surface area contributed by atoms with E-state index in [0.717, 1.165) is 63.9 Å². The average Bonchev–Trinajstić information content (AvgIpc) is 4.09. The van der Waals surface area contributed by atoms with E-state index in [9.17, 15) is 5.11 Å². The lowest BCUT2D eigenvalue weighted by Crippen LogP contribution is -2.37. The van der Waals surface area contributed by atoms with Crippen LogP contribution in [0.5, 0.6) is 0 Å². The molecule has 8 bridgehead atoms. The van der Waals surface area contributed by atoms with Crippen molar-refractivity contribution in [2.24, 2.45) is 35.5 Å². The van der Waals surface area contributed by atoms with Crippen molar-refractivity contribution in [1.82, 2.24) is 0 Å². The van der Waals surface area contributed by atoms with Crippen LogP contribution in [0, 0.1) is 35.5 Å². The second-order valence-electron chi connectivity index (χ2n) is 18.7. The number of aliphatic hydroxyl groups is 1. The molecule has 0 amide bonds. The molecule has 1 N–H and O–H groups in total. The van der Waals surface area contributed by atoms with Crippen LogP contribution in [-0.2, 0) is 33.2 Å². The van der Waals surface area contributed by atoms with Crippen LogP contribution in [0.1, 0.15) is 134 Å². The summed E-state index contributed by atoms with van der Waals surface area (Å²) in [5.74, 6) is 4.17. The van der Waals surface area contributed by atoms with E-state index in [0.29, 0.717) is 34.8 Å². The maximum atomic E-state index is 9.71. The maximum Gasteiger partial charge on any atom is 0.112 e. The molecule has 9 aliphatic rings. The highest BCUT2D eigenvalue weighted by atomic mass is 32.2. The first-order valence-corrected chi connectivity index (χ1v) is 23.6. The Hall–Kier alpha value is 0.355. The summed E-state index contributed by atoms with van der Waals surface area (Å²) in [5, 5.41) is 10.3. The second kappa shape index (κ2) is 19.0. The Bertz CT molecular complexity index is 1160. The number of thioether (sulfide) groups is 1.